The third-order valence-corrected chi connectivity index (χ3v) is 6.69. The molecule has 1 N–H and O–H groups in total. The number of H-pyrrole nitrogens is 1. The number of benzene rings is 1. The molecule has 4 nitrogen and oxygen atoms in total. The third kappa shape index (κ3) is 4.23. The van der Waals surface area contributed by atoms with Crippen LogP contribution in [0.1, 0.15) is 75.1 Å². The second-order valence-electron chi connectivity index (χ2n) is 8.21. The van der Waals surface area contributed by atoms with Crippen LogP contribution in [0, 0.1) is 19.8 Å². The Hall–Kier alpha value is -1.75. The summed E-state index contributed by atoms with van der Waals surface area (Å²) in [6.45, 7) is 10.3. The Kier molecular flexibility index (Phi) is 5.99. The Balaban J connectivity index is 2.18. The smallest absolute Gasteiger partial charge is 0.284 e. The fourth-order valence-electron chi connectivity index (χ4n) is 4.28. The molecule has 0 amide bonds. The van der Waals surface area contributed by atoms with Crippen molar-refractivity contribution in [3.63, 3.8) is 0 Å². The van der Waals surface area contributed by atoms with Crippen molar-refractivity contribution in [3.05, 3.63) is 55.7 Å². The molecule has 1 atom stereocenters. The summed E-state index contributed by atoms with van der Waals surface area (Å²) in [7, 11) is 0. The first-order valence-corrected chi connectivity index (χ1v) is 10.7. The molecule has 1 saturated carbocycles. The molecule has 0 saturated heterocycles. The van der Waals surface area contributed by atoms with E-state index < -0.39 is 0 Å². The highest BCUT2D eigenvalue weighted by Crippen LogP contribution is 2.38. The van der Waals surface area contributed by atoms with E-state index in [2.05, 4.69) is 44.0 Å². The van der Waals surface area contributed by atoms with Gasteiger partial charge in [0.1, 0.15) is 0 Å². The lowest BCUT2D eigenvalue weighted by Crippen LogP contribution is -2.37. The molecule has 1 aliphatic carbocycles. The van der Waals surface area contributed by atoms with E-state index in [0.717, 1.165) is 22.8 Å². The Morgan fingerprint density at radius 1 is 1.04 bits per heavy atom. The molecule has 0 aliphatic heterocycles. The van der Waals surface area contributed by atoms with Gasteiger partial charge in [-0.15, -0.1) is 0 Å². The van der Waals surface area contributed by atoms with Gasteiger partial charge >= 0.3 is 5.69 Å². The van der Waals surface area contributed by atoms with E-state index >= 15 is 0 Å². The molecule has 3 rings (SSSR count). The van der Waals surface area contributed by atoms with Gasteiger partial charge in [0.25, 0.3) is 5.56 Å². The van der Waals surface area contributed by atoms with Gasteiger partial charge in [-0.05, 0) is 68.7 Å². The van der Waals surface area contributed by atoms with Gasteiger partial charge in [-0.1, -0.05) is 44.5 Å². The lowest BCUT2D eigenvalue weighted by atomic mass is 9.99. The summed E-state index contributed by atoms with van der Waals surface area (Å²) in [5.41, 5.74) is 2.55. The number of nitrogens with zero attached hydrogens (tertiary/aromatic N) is 1. The number of rotatable bonds is 5. The molecule has 1 aliphatic rings. The van der Waals surface area contributed by atoms with Gasteiger partial charge in [0.05, 0.1) is 10.6 Å². The van der Waals surface area contributed by atoms with E-state index in [1.807, 2.05) is 18.4 Å². The average molecular weight is 387 g/mol. The summed E-state index contributed by atoms with van der Waals surface area (Å²) in [5.74, 6) is 0.539. The lowest BCUT2D eigenvalue weighted by Gasteiger charge is -2.26. The van der Waals surface area contributed by atoms with Gasteiger partial charge in [-0.2, -0.15) is 0 Å². The zero-order valence-electron chi connectivity index (χ0n) is 17.0. The first kappa shape index (κ1) is 20.0. The first-order chi connectivity index (χ1) is 12.8. The zero-order chi connectivity index (χ0) is 19.7. The number of aryl methyl sites for hydroxylation is 2. The summed E-state index contributed by atoms with van der Waals surface area (Å²) < 4.78 is 1.86. The van der Waals surface area contributed by atoms with Crippen LogP contribution in [-0.2, 0) is 0 Å². The van der Waals surface area contributed by atoms with Gasteiger partial charge < -0.3 is 0 Å². The van der Waals surface area contributed by atoms with E-state index in [4.69, 9.17) is 0 Å². The largest absolute Gasteiger partial charge is 0.329 e. The average Bonchev–Trinajstić information content (AvgIpc) is 3.07. The highest BCUT2D eigenvalue weighted by molar-refractivity contribution is 7.99. The van der Waals surface area contributed by atoms with Crippen LogP contribution in [0.5, 0.6) is 0 Å². The molecule has 1 aromatic heterocycles. The van der Waals surface area contributed by atoms with Crippen molar-refractivity contribution in [2.75, 3.05) is 0 Å². The minimum atomic E-state index is -0.282. The van der Waals surface area contributed by atoms with E-state index in [1.54, 1.807) is 11.8 Å². The Morgan fingerprint density at radius 3 is 2.19 bits per heavy atom. The van der Waals surface area contributed by atoms with Gasteiger partial charge in [-0.3, -0.25) is 14.3 Å². The fourth-order valence-corrected chi connectivity index (χ4v) is 5.78. The van der Waals surface area contributed by atoms with Crippen molar-refractivity contribution in [2.45, 2.75) is 82.2 Å². The summed E-state index contributed by atoms with van der Waals surface area (Å²) >= 11 is 1.56. The first-order valence-electron chi connectivity index (χ1n) is 9.92. The molecule has 27 heavy (non-hydrogen) atoms. The van der Waals surface area contributed by atoms with E-state index in [0.29, 0.717) is 11.5 Å². The maximum atomic E-state index is 12.9. The van der Waals surface area contributed by atoms with Crippen LogP contribution in [0.15, 0.2) is 37.7 Å². The molecule has 0 bridgehead atoms. The van der Waals surface area contributed by atoms with E-state index in [1.165, 1.54) is 24.0 Å². The normalized spacial score (nSPS) is 16.2. The van der Waals surface area contributed by atoms with E-state index in [9.17, 15) is 9.59 Å². The molecule has 0 radical (unpaired) electrons. The van der Waals surface area contributed by atoms with Crippen LogP contribution in [0.25, 0.3) is 0 Å². The maximum absolute atomic E-state index is 12.9. The summed E-state index contributed by atoms with van der Waals surface area (Å²) in [5, 5.41) is 0.808. The van der Waals surface area contributed by atoms with E-state index in [-0.39, 0.29) is 23.2 Å². The topological polar surface area (TPSA) is 54.9 Å². The number of hydrogen-bond acceptors (Lipinski definition) is 3. The van der Waals surface area contributed by atoms with Crippen LogP contribution < -0.4 is 11.2 Å². The van der Waals surface area contributed by atoms with Crippen LogP contribution in [0.3, 0.4) is 0 Å². The van der Waals surface area contributed by atoms with Crippen LogP contribution >= 0.6 is 11.8 Å². The number of nitrogens with one attached hydrogen (secondary N) is 1. The van der Waals surface area contributed by atoms with Crippen LogP contribution in [0.4, 0.5) is 0 Å². The van der Waals surface area contributed by atoms with Crippen molar-refractivity contribution in [2.24, 2.45) is 5.92 Å². The Labute approximate surface area is 165 Å². The van der Waals surface area contributed by atoms with Gasteiger partial charge in [0.15, 0.2) is 0 Å². The van der Waals surface area contributed by atoms with Crippen LogP contribution in [-0.4, -0.2) is 9.55 Å². The quantitative estimate of drug-likeness (QED) is 0.721. The Morgan fingerprint density at radius 2 is 1.63 bits per heavy atom. The zero-order valence-corrected chi connectivity index (χ0v) is 17.8. The second-order valence-corrected chi connectivity index (χ2v) is 9.28. The van der Waals surface area contributed by atoms with Gasteiger partial charge in [-0.25, -0.2) is 4.79 Å². The highest BCUT2D eigenvalue weighted by atomic mass is 32.2. The van der Waals surface area contributed by atoms with Crippen molar-refractivity contribution < 1.29 is 0 Å². The second kappa shape index (κ2) is 8.09. The number of hydrogen-bond donors (Lipinski definition) is 1. The minimum absolute atomic E-state index is 0.0461. The molecule has 5 heteroatoms. The Bertz CT molecular complexity index is 916. The van der Waals surface area contributed by atoms with Crippen molar-refractivity contribution in [1.29, 1.82) is 0 Å². The molecule has 2 aromatic rings. The third-order valence-electron chi connectivity index (χ3n) is 5.61. The van der Waals surface area contributed by atoms with Crippen molar-refractivity contribution in [1.82, 2.24) is 9.55 Å². The number of aromatic amines is 1. The molecule has 1 heterocycles. The molecule has 1 aromatic carbocycles. The standard InChI is InChI=1S/C22H30N2O2S/c1-13(2)19-20(25)23-22(26)24(16(5)17-8-6-7-9-17)21(19)27-18-11-14(3)10-15(4)12-18/h10-13,16-17H,6-9H2,1-5H3,(H,23,25,26). The minimum Gasteiger partial charge on any atom is -0.284 e. The van der Waals surface area contributed by atoms with Gasteiger partial charge in [0.2, 0.25) is 0 Å². The SMILES string of the molecule is Cc1cc(C)cc(Sc2c(C(C)C)c(=O)[nH]c(=O)n2C(C)C2CCCC2)c1. The maximum Gasteiger partial charge on any atom is 0.329 e. The summed E-state index contributed by atoms with van der Waals surface area (Å²) in [6.07, 6.45) is 4.75. The molecule has 1 unspecified atom stereocenters. The highest BCUT2D eigenvalue weighted by Gasteiger charge is 2.28. The van der Waals surface area contributed by atoms with Gasteiger partial charge in [0, 0.05) is 10.9 Å². The van der Waals surface area contributed by atoms with Crippen molar-refractivity contribution >= 4 is 11.8 Å². The number of aromatic nitrogens is 2. The molecular formula is C22H30N2O2S. The fraction of sp³-hybridized carbons (Fsp3) is 0.545. The molecule has 146 valence electrons. The van der Waals surface area contributed by atoms with Crippen LogP contribution in [0.2, 0.25) is 0 Å². The molecule has 1 fully saturated rings. The predicted molar refractivity (Wildman–Crippen MR) is 112 cm³/mol. The predicted octanol–water partition coefficient (Wildman–Crippen LogP) is 5.18. The van der Waals surface area contributed by atoms with Crippen molar-refractivity contribution in [3.8, 4) is 0 Å². The monoisotopic (exact) mass is 386 g/mol. The summed E-state index contributed by atoms with van der Waals surface area (Å²) in [4.78, 5) is 29.1. The lowest BCUT2D eigenvalue weighted by molar-refractivity contribution is 0.327. The molecule has 0 spiro atoms. The molecular weight excluding hydrogens is 356 g/mol. The summed E-state index contributed by atoms with van der Waals surface area (Å²) in [6, 6.07) is 6.47.